The Kier molecular flexibility index (Phi) is 4.78. The van der Waals surface area contributed by atoms with Crippen LogP contribution in [0.4, 0.5) is 5.69 Å². The molecule has 2 aromatic carbocycles. The number of nitro benzene ring substituents is 1. The third-order valence-corrected chi connectivity index (χ3v) is 5.24. The lowest BCUT2D eigenvalue weighted by atomic mass is 10.1. The van der Waals surface area contributed by atoms with Gasteiger partial charge in [-0.15, -0.1) is 11.3 Å². The molecule has 0 saturated carbocycles. The number of amides is 1. The van der Waals surface area contributed by atoms with Crippen molar-refractivity contribution in [2.24, 2.45) is 5.10 Å². The van der Waals surface area contributed by atoms with E-state index in [0.717, 1.165) is 10.1 Å². The van der Waals surface area contributed by atoms with Crippen LogP contribution in [0.15, 0.2) is 53.6 Å². The molecule has 25 heavy (non-hydrogen) atoms. The van der Waals surface area contributed by atoms with Gasteiger partial charge in [-0.3, -0.25) is 14.9 Å². The second kappa shape index (κ2) is 7.00. The van der Waals surface area contributed by atoms with Crippen molar-refractivity contribution in [1.82, 2.24) is 5.43 Å². The molecule has 0 radical (unpaired) electrons. The minimum atomic E-state index is -0.471. The molecule has 0 aliphatic rings. The maximum atomic E-state index is 12.3. The van der Waals surface area contributed by atoms with Crippen LogP contribution >= 0.6 is 22.9 Å². The summed E-state index contributed by atoms with van der Waals surface area (Å²) in [5.41, 5.74) is 3.68. The molecule has 0 unspecified atom stereocenters. The highest BCUT2D eigenvalue weighted by atomic mass is 35.5. The first-order chi connectivity index (χ1) is 12.0. The standard InChI is InChI=1S/C17H12ClN3O3S/c1-10(11-6-8-12(9-7-11)21(23)24)19-20-17(22)16-15(18)13-4-2-3-5-14(13)25-16/h2-9H,1H3,(H,20,22)/b19-10-. The summed E-state index contributed by atoms with van der Waals surface area (Å²) in [6.45, 7) is 1.70. The zero-order valence-electron chi connectivity index (χ0n) is 13.0. The summed E-state index contributed by atoms with van der Waals surface area (Å²) in [6.07, 6.45) is 0. The molecule has 1 heterocycles. The number of benzene rings is 2. The minimum Gasteiger partial charge on any atom is -0.266 e. The summed E-state index contributed by atoms with van der Waals surface area (Å²) in [5.74, 6) is -0.396. The Morgan fingerprint density at radius 3 is 2.52 bits per heavy atom. The average Bonchev–Trinajstić information content (AvgIpc) is 2.96. The van der Waals surface area contributed by atoms with Gasteiger partial charge >= 0.3 is 0 Å². The topological polar surface area (TPSA) is 84.6 Å². The van der Waals surface area contributed by atoms with Crippen molar-refractivity contribution in [1.29, 1.82) is 0 Å². The van der Waals surface area contributed by atoms with E-state index >= 15 is 0 Å². The molecular formula is C17H12ClN3O3S. The summed E-state index contributed by atoms with van der Waals surface area (Å²) in [4.78, 5) is 22.9. The van der Waals surface area contributed by atoms with Crippen LogP contribution in [0.25, 0.3) is 10.1 Å². The van der Waals surface area contributed by atoms with E-state index in [0.29, 0.717) is 21.2 Å². The van der Waals surface area contributed by atoms with E-state index in [-0.39, 0.29) is 5.69 Å². The van der Waals surface area contributed by atoms with E-state index in [2.05, 4.69) is 10.5 Å². The first-order valence-electron chi connectivity index (χ1n) is 7.24. The minimum absolute atomic E-state index is 0.00218. The summed E-state index contributed by atoms with van der Waals surface area (Å²) >= 11 is 7.57. The molecule has 3 aromatic rings. The second-order valence-corrected chi connectivity index (χ2v) is 6.61. The van der Waals surface area contributed by atoms with Crippen LogP contribution in [0.3, 0.4) is 0 Å². The van der Waals surface area contributed by atoms with Gasteiger partial charge in [0.25, 0.3) is 11.6 Å². The van der Waals surface area contributed by atoms with E-state index in [1.54, 1.807) is 19.1 Å². The van der Waals surface area contributed by atoms with Gasteiger partial charge in [0.05, 0.1) is 15.7 Å². The zero-order chi connectivity index (χ0) is 18.0. The number of non-ortho nitro benzene ring substituents is 1. The number of carbonyl (C=O) groups excluding carboxylic acids is 1. The Labute approximate surface area is 151 Å². The molecule has 0 atom stereocenters. The maximum Gasteiger partial charge on any atom is 0.283 e. The first-order valence-corrected chi connectivity index (χ1v) is 8.43. The van der Waals surface area contributed by atoms with Crippen molar-refractivity contribution in [2.45, 2.75) is 6.92 Å². The second-order valence-electron chi connectivity index (χ2n) is 5.18. The third-order valence-electron chi connectivity index (χ3n) is 3.56. The molecule has 3 rings (SSSR count). The van der Waals surface area contributed by atoms with Gasteiger partial charge in [0.2, 0.25) is 0 Å². The fraction of sp³-hybridized carbons (Fsp3) is 0.0588. The van der Waals surface area contributed by atoms with Gasteiger partial charge in [0.1, 0.15) is 4.88 Å². The third kappa shape index (κ3) is 3.52. The highest BCUT2D eigenvalue weighted by Crippen LogP contribution is 2.34. The van der Waals surface area contributed by atoms with Gasteiger partial charge in [-0.2, -0.15) is 5.10 Å². The predicted molar refractivity (Wildman–Crippen MR) is 99.6 cm³/mol. The van der Waals surface area contributed by atoms with Gasteiger partial charge in [-0.1, -0.05) is 29.8 Å². The smallest absolute Gasteiger partial charge is 0.266 e. The summed E-state index contributed by atoms with van der Waals surface area (Å²) < 4.78 is 0.925. The van der Waals surface area contributed by atoms with Crippen LogP contribution in [0, 0.1) is 10.1 Å². The van der Waals surface area contributed by atoms with Crippen molar-refractivity contribution in [3.05, 3.63) is 74.1 Å². The van der Waals surface area contributed by atoms with Crippen molar-refractivity contribution in [3.63, 3.8) is 0 Å². The molecule has 8 heteroatoms. The van der Waals surface area contributed by atoms with Gasteiger partial charge in [-0.05, 0) is 30.7 Å². The Hall–Kier alpha value is -2.77. The summed E-state index contributed by atoms with van der Waals surface area (Å²) in [6, 6.07) is 13.4. The quantitative estimate of drug-likeness (QED) is 0.411. The van der Waals surface area contributed by atoms with Crippen molar-refractivity contribution < 1.29 is 9.72 Å². The summed E-state index contributed by atoms with van der Waals surface area (Å²) in [7, 11) is 0. The Bertz CT molecular complexity index is 996. The molecule has 6 nitrogen and oxygen atoms in total. The first kappa shape index (κ1) is 17.1. The highest BCUT2D eigenvalue weighted by molar-refractivity contribution is 7.21. The maximum absolute atomic E-state index is 12.3. The van der Waals surface area contributed by atoms with Crippen LogP contribution in [-0.2, 0) is 0 Å². The lowest BCUT2D eigenvalue weighted by Gasteiger charge is -2.02. The van der Waals surface area contributed by atoms with Gasteiger partial charge in [-0.25, -0.2) is 5.43 Å². The van der Waals surface area contributed by atoms with Crippen LogP contribution in [0.2, 0.25) is 5.02 Å². The fourth-order valence-corrected chi connectivity index (χ4v) is 3.64. The number of nitrogens with zero attached hydrogens (tertiary/aromatic N) is 2. The van der Waals surface area contributed by atoms with Crippen LogP contribution in [-0.4, -0.2) is 16.5 Å². The lowest BCUT2D eigenvalue weighted by Crippen LogP contribution is -2.18. The molecule has 0 bridgehead atoms. The zero-order valence-corrected chi connectivity index (χ0v) is 14.6. The van der Waals surface area contributed by atoms with E-state index in [1.165, 1.54) is 23.5 Å². The van der Waals surface area contributed by atoms with Crippen LogP contribution < -0.4 is 5.43 Å². The van der Waals surface area contributed by atoms with Crippen LogP contribution in [0.5, 0.6) is 0 Å². The molecule has 0 aliphatic carbocycles. The lowest BCUT2D eigenvalue weighted by molar-refractivity contribution is -0.384. The number of thiophene rings is 1. The van der Waals surface area contributed by atoms with Gasteiger partial charge < -0.3 is 0 Å². The predicted octanol–water partition coefficient (Wildman–Crippen LogP) is 4.62. The number of hydrazone groups is 1. The van der Waals surface area contributed by atoms with Gasteiger partial charge in [0.15, 0.2) is 0 Å². The number of nitro groups is 1. The monoisotopic (exact) mass is 373 g/mol. The number of fused-ring (bicyclic) bond motifs is 1. The van der Waals surface area contributed by atoms with E-state index < -0.39 is 10.8 Å². The van der Waals surface area contributed by atoms with Gasteiger partial charge in [0, 0.05) is 22.2 Å². The normalized spacial score (nSPS) is 11.5. The largest absolute Gasteiger partial charge is 0.283 e. The molecule has 1 aromatic heterocycles. The molecule has 0 fully saturated rings. The molecule has 0 saturated heterocycles. The molecule has 1 N–H and O–H groups in total. The van der Waals surface area contributed by atoms with E-state index in [1.807, 2.05) is 24.3 Å². The van der Waals surface area contributed by atoms with Crippen molar-refractivity contribution >= 4 is 50.3 Å². The number of hydrogen-bond donors (Lipinski definition) is 1. The molecule has 1 amide bonds. The Morgan fingerprint density at radius 1 is 1.20 bits per heavy atom. The van der Waals surface area contributed by atoms with E-state index in [4.69, 9.17) is 11.6 Å². The SMILES string of the molecule is C/C(=N/NC(=O)c1sc2ccccc2c1Cl)c1ccc([N+](=O)[O-])cc1. The average molecular weight is 374 g/mol. The fourth-order valence-electron chi connectivity index (χ4n) is 2.23. The van der Waals surface area contributed by atoms with Crippen molar-refractivity contribution in [2.75, 3.05) is 0 Å². The summed E-state index contributed by atoms with van der Waals surface area (Å²) in [5, 5.41) is 16.0. The Morgan fingerprint density at radius 2 is 1.88 bits per heavy atom. The molecule has 126 valence electrons. The molecular weight excluding hydrogens is 362 g/mol. The molecule has 0 aliphatic heterocycles. The number of halogens is 1. The number of hydrogen-bond acceptors (Lipinski definition) is 5. The number of rotatable bonds is 4. The molecule has 0 spiro atoms. The Balaban J connectivity index is 1.78. The highest BCUT2D eigenvalue weighted by Gasteiger charge is 2.16. The van der Waals surface area contributed by atoms with Crippen molar-refractivity contribution in [3.8, 4) is 0 Å². The van der Waals surface area contributed by atoms with E-state index in [9.17, 15) is 14.9 Å². The number of carbonyl (C=O) groups is 1. The van der Waals surface area contributed by atoms with Crippen LogP contribution in [0.1, 0.15) is 22.2 Å². The number of nitrogens with one attached hydrogen (secondary N) is 1.